The third-order valence-electron chi connectivity index (χ3n) is 4.72. The van der Waals surface area contributed by atoms with Crippen LogP contribution in [0.4, 0.5) is 0 Å². The Morgan fingerprint density at radius 2 is 1.74 bits per heavy atom. The van der Waals surface area contributed by atoms with Crippen LogP contribution in [0.1, 0.15) is 22.3 Å². The van der Waals surface area contributed by atoms with Crippen LogP contribution in [0.15, 0.2) is 54.6 Å². The summed E-state index contributed by atoms with van der Waals surface area (Å²) < 4.78 is 5.15. The molecule has 1 aliphatic rings. The van der Waals surface area contributed by atoms with Crippen molar-refractivity contribution < 1.29 is 19.1 Å². The Morgan fingerprint density at radius 3 is 2.37 bits per heavy atom. The minimum Gasteiger partial charge on any atom is -0.497 e. The zero-order valence-corrected chi connectivity index (χ0v) is 15.4. The zero-order chi connectivity index (χ0) is 19.4. The van der Waals surface area contributed by atoms with Crippen molar-refractivity contribution >= 4 is 17.6 Å². The van der Waals surface area contributed by atoms with E-state index in [4.69, 9.17) is 4.74 Å². The van der Waals surface area contributed by atoms with Crippen LogP contribution in [-0.4, -0.2) is 54.1 Å². The fourth-order valence-electron chi connectivity index (χ4n) is 3.17. The molecular formula is C21H22N2O4. The van der Waals surface area contributed by atoms with Gasteiger partial charge < -0.3 is 14.5 Å². The molecule has 0 aliphatic carbocycles. The normalized spacial score (nSPS) is 17.2. The SMILES string of the molecule is COc1ccc(CN2C(=O)CN(C)C(=O)C2CC(=O)c2ccccc2)cc1. The summed E-state index contributed by atoms with van der Waals surface area (Å²) in [5.41, 5.74) is 1.41. The summed E-state index contributed by atoms with van der Waals surface area (Å²) in [5.74, 6) is 0.179. The summed E-state index contributed by atoms with van der Waals surface area (Å²) in [6, 6.07) is 15.3. The van der Waals surface area contributed by atoms with Gasteiger partial charge in [-0.05, 0) is 17.7 Å². The van der Waals surface area contributed by atoms with Crippen LogP contribution in [0.5, 0.6) is 5.75 Å². The molecule has 0 N–H and O–H groups in total. The smallest absolute Gasteiger partial charge is 0.246 e. The summed E-state index contributed by atoms with van der Waals surface area (Å²) >= 11 is 0. The van der Waals surface area contributed by atoms with Crippen LogP contribution in [-0.2, 0) is 16.1 Å². The first-order chi connectivity index (χ1) is 13.0. The van der Waals surface area contributed by atoms with E-state index < -0.39 is 6.04 Å². The van der Waals surface area contributed by atoms with Gasteiger partial charge in [0.15, 0.2) is 5.78 Å². The molecule has 2 aromatic rings. The molecule has 1 fully saturated rings. The van der Waals surface area contributed by atoms with Gasteiger partial charge in [-0.2, -0.15) is 0 Å². The molecule has 6 heteroatoms. The first-order valence-electron chi connectivity index (χ1n) is 8.75. The molecule has 140 valence electrons. The molecule has 0 aromatic heterocycles. The summed E-state index contributed by atoms with van der Waals surface area (Å²) in [5, 5.41) is 0. The second-order valence-corrected chi connectivity index (χ2v) is 6.57. The second-order valence-electron chi connectivity index (χ2n) is 6.57. The topological polar surface area (TPSA) is 66.9 Å². The quantitative estimate of drug-likeness (QED) is 0.735. The molecule has 2 amide bonds. The number of carbonyl (C=O) groups is 3. The number of ketones is 1. The van der Waals surface area contributed by atoms with Gasteiger partial charge in [-0.15, -0.1) is 0 Å². The summed E-state index contributed by atoms with van der Waals surface area (Å²) in [4.78, 5) is 40.8. The number of piperazine rings is 1. The van der Waals surface area contributed by atoms with Crippen molar-refractivity contribution in [3.8, 4) is 5.75 Å². The van der Waals surface area contributed by atoms with Crippen molar-refractivity contribution in [1.29, 1.82) is 0 Å². The van der Waals surface area contributed by atoms with Crippen molar-refractivity contribution in [3.63, 3.8) is 0 Å². The molecule has 2 aromatic carbocycles. The van der Waals surface area contributed by atoms with E-state index in [9.17, 15) is 14.4 Å². The molecule has 1 unspecified atom stereocenters. The maximum absolute atomic E-state index is 12.7. The predicted octanol–water partition coefficient (Wildman–Crippen LogP) is 2.14. The van der Waals surface area contributed by atoms with Crippen LogP contribution in [0.25, 0.3) is 0 Å². The van der Waals surface area contributed by atoms with Crippen molar-refractivity contribution in [2.75, 3.05) is 20.7 Å². The van der Waals surface area contributed by atoms with E-state index in [0.29, 0.717) is 5.56 Å². The zero-order valence-electron chi connectivity index (χ0n) is 15.4. The lowest BCUT2D eigenvalue weighted by atomic mass is 9.99. The maximum Gasteiger partial charge on any atom is 0.246 e. The largest absolute Gasteiger partial charge is 0.497 e. The number of Topliss-reactive ketones (excluding diaryl/α,β-unsaturated/α-hetero) is 1. The van der Waals surface area contributed by atoms with E-state index in [1.54, 1.807) is 38.4 Å². The van der Waals surface area contributed by atoms with E-state index in [1.165, 1.54) is 9.80 Å². The monoisotopic (exact) mass is 366 g/mol. The lowest BCUT2D eigenvalue weighted by Gasteiger charge is -2.38. The van der Waals surface area contributed by atoms with Crippen molar-refractivity contribution in [1.82, 2.24) is 9.80 Å². The van der Waals surface area contributed by atoms with Crippen molar-refractivity contribution in [3.05, 3.63) is 65.7 Å². The van der Waals surface area contributed by atoms with Crippen molar-refractivity contribution in [2.45, 2.75) is 19.0 Å². The predicted molar refractivity (Wildman–Crippen MR) is 100 cm³/mol. The number of likely N-dealkylation sites (N-methyl/N-ethyl adjacent to an activating group) is 1. The maximum atomic E-state index is 12.7. The first kappa shape index (κ1) is 18.6. The number of carbonyl (C=O) groups excluding carboxylic acids is 3. The average molecular weight is 366 g/mol. The first-order valence-corrected chi connectivity index (χ1v) is 8.75. The minimum atomic E-state index is -0.800. The number of benzene rings is 2. The second kappa shape index (κ2) is 8.03. The summed E-state index contributed by atoms with van der Waals surface area (Å²) in [6.45, 7) is 0.292. The fourth-order valence-corrected chi connectivity index (χ4v) is 3.17. The molecule has 0 spiro atoms. The van der Waals surface area contributed by atoms with Crippen LogP contribution >= 0.6 is 0 Å². The molecule has 1 atom stereocenters. The molecule has 1 saturated heterocycles. The number of hydrogen-bond donors (Lipinski definition) is 0. The van der Waals surface area contributed by atoms with E-state index in [1.807, 2.05) is 30.3 Å². The number of amides is 2. The number of nitrogens with zero attached hydrogens (tertiary/aromatic N) is 2. The lowest BCUT2D eigenvalue weighted by molar-refractivity contribution is -0.155. The van der Waals surface area contributed by atoms with Gasteiger partial charge >= 0.3 is 0 Å². The van der Waals surface area contributed by atoms with Gasteiger partial charge in [0.1, 0.15) is 11.8 Å². The van der Waals surface area contributed by atoms with Gasteiger partial charge in [0.05, 0.1) is 13.7 Å². The number of hydrogen-bond acceptors (Lipinski definition) is 4. The molecule has 1 aliphatic heterocycles. The van der Waals surface area contributed by atoms with Gasteiger partial charge in [0, 0.05) is 25.6 Å². The average Bonchev–Trinajstić information content (AvgIpc) is 2.69. The third kappa shape index (κ3) is 4.16. The molecule has 1 heterocycles. The van der Waals surface area contributed by atoms with Gasteiger partial charge in [-0.1, -0.05) is 42.5 Å². The van der Waals surface area contributed by atoms with Gasteiger partial charge in [0.25, 0.3) is 0 Å². The van der Waals surface area contributed by atoms with Crippen LogP contribution < -0.4 is 4.74 Å². The molecule has 0 bridgehead atoms. The number of rotatable bonds is 6. The minimum absolute atomic E-state index is 0.0189. The Morgan fingerprint density at radius 1 is 1.07 bits per heavy atom. The molecular weight excluding hydrogens is 344 g/mol. The molecule has 3 rings (SSSR count). The fraction of sp³-hybridized carbons (Fsp3) is 0.286. The lowest BCUT2D eigenvalue weighted by Crippen LogP contribution is -2.58. The van der Waals surface area contributed by atoms with Gasteiger partial charge in [-0.25, -0.2) is 0 Å². The van der Waals surface area contributed by atoms with Gasteiger partial charge in [0.2, 0.25) is 11.8 Å². The van der Waals surface area contributed by atoms with Crippen molar-refractivity contribution in [2.24, 2.45) is 0 Å². The summed E-state index contributed by atoms with van der Waals surface area (Å²) in [7, 11) is 3.17. The van der Waals surface area contributed by atoms with Crippen LogP contribution in [0.3, 0.4) is 0 Å². The Labute approximate surface area is 158 Å². The van der Waals surface area contributed by atoms with Crippen LogP contribution in [0, 0.1) is 0 Å². The van der Waals surface area contributed by atoms with E-state index in [0.717, 1.165) is 11.3 Å². The highest BCUT2D eigenvalue weighted by atomic mass is 16.5. The van der Waals surface area contributed by atoms with E-state index in [2.05, 4.69) is 0 Å². The Kier molecular flexibility index (Phi) is 5.54. The van der Waals surface area contributed by atoms with Gasteiger partial charge in [-0.3, -0.25) is 14.4 Å². The standard InChI is InChI=1S/C21H22N2O4/c1-22-14-20(25)23(13-15-8-10-17(27-2)11-9-15)18(21(22)26)12-19(24)16-6-4-3-5-7-16/h3-11,18H,12-14H2,1-2H3. The Balaban J connectivity index is 1.82. The number of methoxy groups -OCH3 is 1. The highest BCUT2D eigenvalue weighted by Gasteiger charge is 2.39. The summed E-state index contributed by atoms with van der Waals surface area (Å²) in [6.07, 6.45) is -0.0327. The molecule has 0 radical (unpaired) electrons. The van der Waals surface area contributed by atoms with E-state index >= 15 is 0 Å². The molecule has 6 nitrogen and oxygen atoms in total. The van der Waals surface area contributed by atoms with Crippen LogP contribution in [0.2, 0.25) is 0 Å². The molecule has 27 heavy (non-hydrogen) atoms. The number of ether oxygens (including phenoxy) is 1. The Bertz CT molecular complexity index is 833. The highest BCUT2D eigenvalue weighted by Crippen LogP contribution is 2.21. The Hall–Kier alpha value is -3.15. The molecule has 0 saturated carbocycles. The highest BCUT2D eigenvalue weighted by molar-refractivity contribution is 6.02. The van der Waals surface area contributed by atoms with E-state index in [-0.39, 0.29) is 37.1 Å². The third-order valence-corrected chi connectivity index (χ3v) is 4.72.